The number of likely N-dealkylation sites (N-methyl/N-ethyl adjacent to an activating group) is 1. The van der Waals surface area contributed by atoms with Crippen LogP contribution < -0.4 is 4.90 Å². The van der Waals surface area contributed by atoms with Crippen LogP contribution in [0.25, 0.3) is 0 Å². The highest BCUT2D eigenvalue weighted by Crippen LogP contribution is 2.27. The Morgan fingerprint density at radius 1 is 1.37 bits per heavy atom. The van der Waals surface area contributed by atoms with Gasteiger partial charge in [0.25, 0.3) is 0 Å². The van der Waals surface area contributed by atoms with Gasteiger partial charge in [0.1, 0.15) is 0 Å². The molecule has 5 nitrogen and oxygen atoms in total. The SMILES string of the molecule is CCOC(=O)c1nc(N2CCCN(C)CC2)sc1C. The Morgan fingerprint density at radius 3 is 2.89 bits per heavy atom. The van der Waals surface area contributed by atoms with E-state index in [-0.39, 0.29) is 5.97 Å². The van der Waals surface area contributed by atoms with Crippen LogP contribution in [0.5, 0.6) is 0 Å². The molecule has 2 rings (SSSR count). The highest BCUT2D eigenvalue weighted by molar-refractivity contribution is 7.15. The van der Waals surface area contributed by atoms with Crippen LogP contribution in [0.2, 0.25) is 0 Å². The number of esters is 1. The van der Waals surface area contributed by atoms with E-state index in [0.717, 1.165) is 42.6 Å². The van der Waals surface area contributed by atoms with Crippen LogP contribution in [0.1, 0.15) is 28.7 Å². The maximum absolute atomic E-state index is 11.8. The number of aromatic nitrogens is 1. The fourth-order valence-corrected chi connectivity index (χ4v) is 3.09. The zero-order chi connectivity index (χ0) is 13.8. The maximum Gasteiger partial charge on any atom is 0.358 e. The summed E-state index contributed by atoms with van der Waals surface area (Å²) < 4.78 is 5.03. The number of aryl methyl sites for hydroxylation is 1. The summed E-state index contributed by atoms with van der Waals surface area (Å²) in [5, 5.41) is 0.941. The number of hydrogen-bond acceptors (Lipinski definition) is 6. The van der Waals surface area contributed by atoms with Gasteiger partial charge in [-0.05, 0) is 33.9 Å². The Bertz CT molecular complexity index is 447. The van der Waals surface area contributed by atoms with Gasteiger partial charge in [0.15, 0.2) is 10.8 Å². The van der Waals surface area contributed by atoms with Crippen LogP contribution in [0.3, 0.4) is 0 Å². The minimum absolute atomic E-state index is 0.311. The molecule has 0 radical (unpaired) electrons. The van der Waals surface area contributed by atoms with Gasteiger partial charge in [0.2, 0.25) is 0 Å². The molecule has 1 aliphatic heterocycles. The molecule has 0 saturated carbocycles. The number of nitrogens with zero attached hydrogens (tertiary/aromatic N) is 3. The van der Waals surface area contributed by atoms with E-state index < -0.39 is 0 Å². The van der Waals surface area contributed by atoms with E-state index in [4.69, 9.17) is 4.74 Å². The molecule has 1 fully saturated rings. The average Bonchev–Trinajstić information content (AvgIpc) is 2.62. The molecule has 0 aromatic carbocycles. The van der Waals surface area contributed by atoms with Crippen molar-refractivity contribution in [3.8, 4) is 0 Å². The molecule has 19 heavy (non-hydrogen) atoms. The van der Waals surface area contributed by atoms with Crippen molar-refractivity contribution in [2.45, 2.75) is 20.3 Å². The summed E-state index contributed by atoms with van der Waals surface area (Å²) in [4.78, 5) is 21.8. The lowest BCUT2D eigenvalue weighted by Crippen LogP contribution is -2.28. The molecule has 0 aliphatic carbocycles. The number of ether oxygens (including phenoxy) is 1. The van der Waals surface area contributed by atoms with Gasteiger partial charge in [-0.15, -0.1) is 11.3 Å². The summed E-state index contributed by atoms with van der Waals surface area (Å²) in [5.41, 5.74) is 0.472. The van der Waals surface area contributed by atoms with Crippen molar-refractivity contribution < 1.29 is 9.53 Å². The third kappa shape index (κ3) is 3.45. The van der Waals surface area contributed by atoms with Crippen LogP contribution in [-0.4, -0.2) is 55.7 Å². The van der Waals surface area contributed by atoms with Gasteiger partial charge >= 0.3 is 5.97 Å². The van der Waals surface area contributed by atoms with E-state index in [1.165, 1.54) is 0 Å². The predicted molar refractivity (Wildman–Crippen MR) is 77.1 cm³/mol. The van der Waals surface area contributed by atoms with Gasteiger partial charge < -0.3 is 14.5 Å². The van der Waals surface area contributed by atoms with Crippen LogP contribution in [0.15, 0.2) is 0 Å². The average molecular weight is 283 g/mol. The fraction of sp³-hybridized carbons (Fsp3) is 0.692. The number of thiazole rings is 1. The molecule has 1 aromatic heterocycles. The van der Waals surface area contributed by atoms with Gasteiger partial charge in [-0.2, -0.15) is 0 Å². The predicted octanol–water partition coefficient (Wildman–Crippen LogP) is 1.77. The van der Waals surface area contributed by atoms with E-state index >= 15 is 0 Å². The Kier molecular flexibility index (Phi) is 4.76. The molecule has 0 bridgehead atoms. The Morgan fingerprint density at radius 2 is 2.16 bits per heavy atom. The minimum atomic E-state index is -0.311. The third-order valence-electron chi connectivity index (χ3n) is 3.24. The Hall–Kier alpha value is -1.14. The summed E-state index contributed by atoms with van der Waals surface area (Å²) in [6, 6.07) is 0. The zero-order valence-electron chi connectivity index (χ0n) is 11.8. The standard InChI is InChI=1S/C13H21N3O2S/c1-4-18-12(17)11-10(2)19-13(14-11)16-7-5-6-15(3)8-9-16/h4-9H2,1-3H3. The summed E-state index contributed by atoms with van der Waals surface area (Å²) in [6.07, 6.45) is 1.13. The summed E-state index contributed by atoms with van der Waals surface area (Å²) in [6.45, 7) is 8.24. The van der Waals surface area contributed by atoms with Crippen LogP contribution in [0, 0.1) is 6.92 Å². The second-order valence-electron chi connectivity index (χ2n) is 4.77. The number of anilines is 1. The first kappa shape index (κ1) is 14.3. The lowest BCUT2D eigenvalue weighted by Gasteiger charge is -2.19. The quantitative estimate of drug-likeness (QED) is 0.791. The lowest BCUT2D eigenvalue weighted by molar-refractivity contribution is 0.0519. The van der Waals surface area contributed by atoms with Gasteiger partial charge in [-0.3, -0.25) is 0 Å². The first-order valence-corrected chi connectivity index (χ1v) is 7.51. The van der Waals surface area contributed by atoms with E-state index in [1.54, 1.807) is 11.3 Å². The summed E-state index contributed by atoms with van der Waals surface area (Å²) in [7, 11) is 2.14. The van der Waals surface area contributed by atoms with E-state index in [0.29, 0.717) is 12.3 Å². The summed E-state index contributed by atoms with van der Waals surface area (Å²) in [5.74, 6) is -0.311. The highest BCUT2D eigenvalue weighted by atomic mass is 32.1. The van der Waals surface area contributed by atoms with Crippen LogP contribution >= 0.6 is 11.3 Å². The zero-order valence-corrected chi connectivity index (χ0v) is 12.6. The van der Waals surface area contributed by atoms with Gasteiger partial charge in [0.05, 0.1) is 6.61 Å². The Labute approximate surface area is 118 Å². The van der Waals surface area contributed by atoms with E-state index in [1.807, 2.05) is 13.8 Å². The van der Waals surface area contributed by atoms with Crippen molar-refractivity contribution in [2.24, 2.45) is 0 Å². The molecule has 0 amide bonds. The van der Waals surface area contributed by atoms with Gasteiger partial charge in [0, 0.05) is 24.5 Å². The molecular formula is C13H21N3O2S. The molecule has 0 spiro atoms. The molecule has 6 heteroatoms. The van der Waals surface area contributed by atoms with Gasteiger partial charge in [-0.25, -0.2) is 9.78 Å². The fourth-order valence-electron chi connectivity index (χ4n) is 2.14. The molecule has 0 atom stereocenters. The molecular weight excluding hydrogens is 262 g/mol. The molecule has 1 saturated heterocycles. The van der Waals surface area contributed by atoms with Crippen molar-refractivity contribution in [3.05, 3.63) is 10.6 Å². The number of carbonyl (C=O) groups excluding carboxylic acids is 1. The largest absolute Gasteiger partial charge is 0.461 e. The first-order chi connectivity index (χ1) is 9.11. The second kappa shape index (κ2) is 6.34. The first-order valence-electron chi connectivity index (χ1n) is 6.70. The van der Waals surface area contributed by atoms with Gasteiger partial charge in [-0.1, -0.05) is 0 Å². The van der Waals surface area contributed by atoms with Crippen molar-refractivity contribution in [3.63, 3.8) is 0 Å². The van der Waals surface area contributed by atoms with Crippen molar-refractivity contribution in [2.75, 3.05) is 44.7 Å². The Balaban J connectivity index is 2.12. The minimum Gasteiger partial charge on any atom is -0.461 e. The molecule has 1 aromatic rings. The molecule has 0 N–H and O–H groups in total. The van der Waals surface area contributed by atoms with Crippen molar-refractivity contribution >= 4 is 22.4 Å². The molecule has 2 heterocycles. The number of carbonyl (C=O) groups is 1. The smallest absolute Gasteiger partial charge is 0.358 e. The maximum atomic E-state index is 11.8. The van der Waals surface area contributed by atoms with Crippen LogP contribution in [0.4, 0.5) is 5.13 Å². The third-order valence-corrected chi connectivity index (χ3v) is 4.28. The lowest BCUT2D eigenvalue weighted by atomic mass is 10.4. The molecule has 1 aliphatic rings. The number of hydrogen-bond donors (Lipinski definition) is 0. The van der Waals surface area contributed by atoms with E-state index in [9.17, 15) is 4.79 Å². The van der Waals surface area contributed by atoms with Crippen molar-refractivity contribution in [1.82, 2.24) is 9.88 Å². The van der Waals surface area contributed by atoms with Crippen molar-refractivity contribution in [1.29, 1.82) is 0 Å². The van der Waals surface area contributed by atoms with E-state index in [2.05, 4.69) is 21.8 Å². The second-order valence-corrected chi connectivity index (χ2v) is 5.95. The monoisotopic (exact) mass is 283 g/mol. The molecule has 106 valence electrons. The topological polar surface area (TPSA) is 45.7 Å². The van der Waals surface area contributed by atoms with Crippen LogP contribution in [-0.2, 0) is 4.74 Å². The summed E-state index contributed by atoms with van der Waals surface area (Å²) >= 11 is 1.58. The normalized spacial score (nSPS) is 17.3. The molecule has 0 unspecified atom stereocenters. The highest BCUT2D eigenvalue weighted by Gasteiger charge is 2.21. The number of rotatable bonds is 3.